The maximum absolute atomic E-state index is 9.87. The second-order valence-electron chi connectivity index (χ2n) is 1.36. The number of hydrogen-bond acceptors (Lipinski definition) is 3. The van der Waals surface area contributed by atoms with Gasteiger partial charge in [-0.15, -0.1) is 0 Å². The van der Waals surface area contributed by atoms with E-state index in [2.05, 4.69) is 4.42 Å². The van der Waals surface area contributed by atoms with E-state index in [1.54, 1.807) is 0 Å². The van der Waals surface area contributed by atoms with E-state index >= 15 is 0 Å². The van der Waals surface area contributed by atoms with Crippen molar-refractivity contribution in [3.63, 3.8) is 0 Å². The fourth-order valence-corrected chi connectivity index (χ4v) is 0.536. The van der Waals surface area contributed by atoms with Gasteiger partial charge in [-0.3, -0.25) is 10.1 Å². The molecule has 1 rings (SSSR count). The SMILES string of the molecule is O=[N+]([O-])c1cc(Cl)co1. The molecule has 0 fully saturated rings. The van der Waals surface area contributed by atoms with E-state index in [-0.39, 0.29) is 10.9 Å². The molecule has 0 aliphatic rings. The minimum Gasteiger partial charge on any atom is -0.408 e. The largest absolute Gasteiger partial charge is 0.434 e. The van der Waals surface area contributed by atoms with Gasteiger partial charge in [0, 0.05) is 0 Å². The first-order valence-electron chi connectivity index (χ1n) is 2.08. The highest BCUT2D eigenvalue weighted by molar-refractivity contribution is 6.30. The monoisotopic (exact) mass is 147 g/mol. The van der Waals surface area contributed by atoms with E-state index in [1.807, 2.05) is 0 Å². The van der Waals surface area contributed by atoms with Gasteiger partial charge in [-0.1, -0.05) is 11.6 Å². The molecule has 4 nitrogen and oxygen atoms in total. The summed E-state index contributed by atoms with van der Waals surface area (Å²) in [5, 5.41) is 10.1. The van der Waals surface area contributed by atoms with Gasteiger partial charge in [-0.2, -0.15) is 0 Å². The van der Waals surface area contributed by atoms with Gasteiger partial charge < -0.3 is 4.42 Å². The van der Waals surface area contributed by atoms with Gasteiger partial charge in [-0.25, -0.2) is 0 Å². The van der Waals surface area contributed by atoms with Gasteiger partial charge in [0.2, 0.25) is 0 Å². The van der Waals surface area contributed by atoms with Crippen molar-refractivity contribution in [1.82, 2.24) is 0 Å². The smallest absolute Gasteiger partial charge is 0.408 e. The Balaban J connectivity index is 2.98. The molecular weight excluding hydrogens is 146 g/mol. The Morgan fingerprint density at radius 2 is 2.44 bits per heavy atom. The van der Waals surface area contributed by atoms with Gasteiger partial charge >= 0.3 is 5.88 Å². The van der Waals surface area contributed by atoms with Crippen LogP contribution < -0.4 is 0 Å². The number of nitrogens with zero attached hydrogens (tertiary/aromatic N) is 1. The molecule has 1 aromatic rings. The average molecular weight is 148 g/mol. The van der Waals surface area contributed by atoms with Gasteiger partial charge in [-0.05, 0) is 0 Å². The van der Waals surface area contributed by atoms with Crippen LogP contribution in [-0.4, -0.2) is 4.92 Å². The summed E-state index contributed by atoms with van der Waals surface area (Å²) in [6.07, 6.45) is 1.11. The zero-order chi connectivity index (χ0) is 6.85. The van der Waals surface area contributed by atoms with E-state index in [0.29, 0.717) is 0 Å². The lowest BCUT2D eigenvalue weighted by Gasteiger charge is -1.76. The van der Waals surface area contributed by atoms with Crippen molar-refractivity contribution >= 4 is 17.5 Å². The van der Waals surface area contributed by atoms with Crippen LogP contribution in [0.25, 0.3) is 0 Å². The van der Waals surface area contributed by atoms with Crippen LogP contribution in [0.1, 0.15) is 0 Å². The second-order valence-corrected chi connectivity index (χ2v) is 1.80. The number of furan rings is 1. The van der Waals surface area contributed by atoms with Crippen molar-refractivity contribution in [1.29, 1.82) is 0 Å². The highest BCUT2D eigenvalue weighted by Gasteiger charge is 2.09. The minimum atomic E-state index is -0.647. The van der Waals surface area contributed by atoms with E-state index in [9.17, 15) is 10.1 Å². The van der Waals surface area contributed by atoms with Crippen molar-refractivity contribution in [2.24, 2.45) is 0 Å². The van der Waals surface area contributed by atoms with Crippen LogP contribution in [0.5, 0.6) is 0 Å². The first-order valence-corrected chi connectivity index (χ1v) is 2.46. The Bertz CT molecular complexity index is 231. The summed E-state index contributed by atoms with van der Waals surface area (Å²) in [6, 6.07) is 1.14. The van der Waals surface area contributed by atoms with Crippen LogP contribution in [0.4, 0.5) is 5.88 Å². The molecule has 0 aliphatic carbocycles. The Kier molecular flexibility index (Phi) is 1.40. The molecule has 0 aromatic carbocycles. The van der Waals surface area contributed by atoms with Crippen molar-refractivity contribution in [3.8, 4) is 0 Å². The molecule has 9 heavy (non-hydrogen) atoms. The zero-order valence-electron chi connectivity index (χ0n) is 4.20. The third kappa shape index (κ3) is 1.20. The summed E-state index contributed by atoms with van der Waals surface area (Å²) in [4.78, 5) is 9.22. The second kappa shape index (κ2) is 2.06. The summed E-state index contributed by atoms with van der Waals surface area (Å²) in [5.74, 6) is -0.333. The van der Waals surface area contributed by atoms with Crippen LogP contribution in [0.15, 0.2) is 16.7 Å². The Morgan fingerprint density at radius 1 is 1.78 bits per heavy atom. The highest BCUT2D eigenvalue weighted by atomic mass is 35.5. The molecule has 0 saturated heterocycles. The molecule has 0 N–H and O–H groups in total. The Morgan fingerprint density at radius 3 is 2.67 bits per heavy atom. The Hall–Kier alpha value is -1.03. The van der Waals surface area contributed by atoms with Crippen molar-refractivity contribution in [2.45, 2.75) is 0 Å². The summed E-state index contributed by atoms with van der Waals surface area (Å²) in [5.41, 5.74) is 0. The first-order chi connectivity index (χ1) is 4.20. The third-order valence-corrected chi connectivity index (χ3v) is 0.932. The predicted molar refractivity (Wildman–Crippen MR) is 30.4 cm³/mol. The van der Waals surface area contributed by atoms with Crippen LogP contribution in [-0.2, 0) is 0 Å². The molecule has 0 aliphatic heterocycles. The van der Waals surface area contributed by atoms with E-state index in [0.717, 1.165) is 12.3 Å². The number of nitro groups is 1. The summed E-state index contributed by atoms with van der Waals surface area (Å²) >= 11 is 5.31. The van der Waals surface area contributed by atoms with Gasteiger partial charge in [0.05, 0.1) is 11.1 Å². The number of hydrogen-bond donors (Lipinski definition) is 0. The van der Waals surface area contributed by atoms with Crippen molar-refractivity contribution in [2.75, 3.05) is 0 Å². The molecule has 48 valence electrons. The quantitative estimate of drug-likeness (QED) is 0.450. The molecule has 0 spiro atoms. The summed E-state index contributed by atoms with van der Waals surface area (Å²) < 4.78 is 4.39. The maximum Gasteiger partial charge on any atom is 0.434 e. The predicted octanol–water partition coefficient (Wildman–Crippen LogP) is 1.84. The number of rotatable bonds is 1. The lowest BCUT2D eigenvalue weighted by atomic mass is 10.6. The molecule has 0 atom stereocenters. The maximum atomic E-state index is 9.87. The van der Waals surface area contributed by atoms with E-state index < -0.39 is 4.92 Å². The average Bonchev–Trinajstić information content (AvgIpc) is 2.14. The van der Waals surface area contributed by atoms with Gasteiger partial charge in [0.1, 0.15) is 11.2 Å². The van der Waals surface area contributed by atoms with Crippen molar-refractivity contribution in [3.05, 3.63) is 27.5 Å². The standard InChI is InChI=1S/C4H2ClNO3/c5-3-1-4(6(7)8)9-2-3/h1-2H. The van der Waals surface area contributed by atoms with Crippen LogP contribution in [0, 0.1) is 10.1 Å². The fraction of sp³-hybridized carbons (Fsp3) is 0. The lowest BCUT2D eigenvalue weighted by molar-refractivity contribution is -0.402. The normalized spacial score (nSPS) is 9.44. The molecule has 0 amide bonds. The minimum absolute atomic E-state index is 0.238. The summed E-state index contributed by atoms with van der Waals surface area (Å²) in [7, 11) is 0. The molecule has 0 unspecified atom stereocenters. The van der Waals surface area contributed by atoms with E-state index in [4.69, 9.17) is 11.6 Å². The molecule has 0 bridgehead atoms. The van der Waals surface area contributed by atoms with Gasteiger partial charge in [0.15, 0.2) is 0 Å². The molecule has 1 heterocycles. The highest BCUT2D eigenvalue weighted by Crippen LogP contribution is 2.18. The van der Waals surface area contributed by atoms with Crippen LogP contribution >= 0.6 is 11.6 Å². The van der Waals surface area contributed by atoms with Crippen molar-refractivity contribution < 1.29 is 9.34 Å². The molecule has 0 saturated carbocycles. The topological polar surface area (TPSA) is 56.3 Å². The summed E-state index contributed by atoms with van der Waals surface area (Å²) in [6.45, 7) is 0. The fourth-order valence-electron chi connectivity index (χ4n) is 0.398. The molecule has 0 radical (unpaired) electrons. The molecule has 1 aromatic heterocycles. The molecule has 5 heteroatoms. The first kappa shape index (κ1) is 6.10. The third-order valence-electron chi connectivity index (χ3n) is 0.734. The van der Waals surface area contributed by atoms with Gasteiger partial charge in [0.25, 0.3) is 0 Å². The number of halogens is 1. The zero-order valence-corrected chi connectivity index (χ0v) is 4.96. The van der Waals surface area contributed by atoms with E-state index in [1.165, 1.54) is 0 Å². The Labute approximate surface area is 55.2 Å². The van der Waals surface area contributed by atoms with Crippen LogP contribution in [0.3, 0.4) is 0 Å². The van der Waals surface area contributed by atoms with Crippen LogP contribution in [0.2, 0.25) is 5.02 Å². The molecular formula is C4H2ClNO3. The lowest BCUT2D eigenvalue weighted by Crippen LogP contribution is -1.82.